The van der Waals surface area contributed by atoms with Crippen molar-refractivity contribution in [1.29, 1.82) is 0 Å². The van der Waals surface area contributed by atoms with Crippen molar-refractivity contribution in [1.82, 2.24) is 10.6 Å². The molecule has 2 unspecified atom stereocenters. The highest BCUT2D eigenvalue weighted by molar-refractivity contribution is 5.69. The highest BCUT2D eigenvalue weighted by Gasteiger charge is 2.40. The van der Waals surface area contributed by atoms with E-state index in [-0.39, 0.29) is 32.6 Å². The lowest BCUT2D eigenvalue weighted by molar-refractivity contribution is -0.145. The van der Waals surface area contributed by atoms with Gasteiger partial charge in [0.05, 0.1) is 13.2 Å². The first-order chi connectivity index (χ1) is 14.5. The van der Waals surface area contributed by atoms with Gasteiger partial charge in [0, 0.05) is 25.4 Å². The molecule has 7 nitrogen and oxygen atoms in total. The molecule has 0 saturated heterocycles. The molecule has 1 aliphatic rings. The summed E-state index contributed by atoms with van der Waals surface area (Å²) < 4.78 is 9.19. The third-order valence-electron chi connectivity index (χ3n) is 5.02. The number of ether oxygens (including phenoxy) is 2. The average molecular weight is 463 g/mol. The molecule has 32 heavy (non-hydrogen) atoms. The minimum absolute atomic E-state index is 0. The van der Waals surface area contributed by atoms with Gasteiger partial charge in [0.25, 0.3) is 0 Å². The molecule has 0 spiro atoms. The van der Waals surface area contributed by atoms with E-state index in [1.165, 1.54) is 19.3 Å². The average Bonchev–Trinajstić information content (AvgIpc) is 2.66. The van der Waals surface area contributed by atoms with Crippen LogP contribution < -0.4 is 10.6 Å². The van der Waals surface area contributed by atoms with Crippen LogP contribution in [0, 0.1) is 10.8 Å². The van der Waals surface area contributed by atoms with E-state index in [1.807, 2.05) is 20.8 Å². The molecule has 0 heterocycles. The smallest absolute Gasteiger partial charge is 0.305 e. The van der Waals surface area contributed by atoms with E-state index in [0.29, 0.717) is 36.3 Å². The Kier molecular flexibility index (Phi) is 22.6. The topological polar surface area (TPSA) is 96.9 Å². The predicted octanol–water partition coefficient (Wildman–Crippen LogP) is 4.32. The number of hydrogen-bond donors (Lipinski definition) is 3. The van der Waals surface area contributed by atoms with E-state index in [4.69, 9.17) is 5.11 Å². The molecule has 2 atom stereocenters. The van der Waals surface area contributed by atoms with Gasteiger partial charge < -0.3 is 25.2 Å². The van der Waals surface area contributed by atoms with Gasteiger partial charge in [-0.2, -0.15) is 0 Å². The lowest BCUT2D eigenvalue weighted by atomic mass is 9.62. The number of carbonyl (C=O) groups excluding carboxylic acids is 2. The monoisotopic (exact) mass is 462 g/mol. The lowest BCUT2D eigenvalue weighted by Crippen LogP contribution is -2.47. The van der Waals surface area contributed by atoms with Crippen LogP contribution in [0.1, 0.15) is 93.9 Å². The van der Waals surface area contributed by atoms with E-state index in [0.717, 1.165) is 19.4 Å². The number of aliphatic hydroxyl groups is 1. The number of aliphatic hydroxyl groups excluding tert-OH is 1. The summed E-state index contributed by atoms with van der Waals surface area (Å²) >= 11 is 0. The molecule has 7 heteroatoms. The minimum atomic E-state index is -0.230. The number of rotatable bonds is 10. The Hall–Kier alpha value is -1.18. The summed E-state index contributed by atoms with van der Waals surface area (Å²) in [7, 11) is 4.15. The molecule has 194 valence electrons. The van der Waals surface area contributed by atoms with Crippen molar-refractivity contribution < 1.29 is 24.2 Å². The maximum absolute atomic E-state index is 10.5. The van der Waals surface area contributed by atoms with Crippen molar-refractivity contribution in [2.45, 2.75) is 100.0 Å². The first kappa shape index (κ1) is 35.4. The van der Waals surface area contributed by atoms with Gasteiger partial charge >= 0.3 is 11.9 Å². The Labute approximate surface area is 198 Å². The van der Waals surface area contributed by atoms with E-state index in [9.17, 15) is 9.59 Å². The van der Waals surface area contributed by atoms with Gasteiger partial charge in [-0.1, -0.05) is 42.0 Å². The van der Waals surface area contributed by atoms with Gasteiger partial charge in [0.15, 0.2) is 0 Å². The second kappa shape index (κ2) is 20.4. The van der Waals surface area contributed by atoms with Crippen LogP contribution in [-0.2, 0) is 19.1 Å². The zero-order valence-electron chi connectivity index (χ0n) is 21.4. The van der Waals surface area contributed by atoms with Gasteiger partial charge in [-0.3, -0.25) is 9.59 Å². The van der Waals surface area contributed by atoms with E-state index in [2.05, 4.69) is 55.0 Å². The minimum Gasteiger partial charge on any atom is -0.466 e. The molecule has 3 N–H and O–H groups in total. The van der Waals surface area contributed by atoms with Crippen LogP contribution in [0.3, 0.4) is 0 Å². The van der Waals surface area contributed by atoms with Crippen LogP contribution >= 0.6 is 0 Å². The summed E-state index contributed by atoms with van der Waals surface area (Å²) in [5.41, 5.74) is 0.946. The molecule has 1 rings (SSSR count). The first-order valence-electron chi connectivity index (χ1n) is 11.8. The Bertz CT molecular complexity index is 463. The Morgan fingerprint density at radius 2 is 1.50 bits per heavy atom. The summed E-state index contributed by atoms with van der Waals surface area (Å²) in [6.07, 6.45) is 6.60. The van der Waals surface area contributed by atoms with Crippen molar-refractivity contribution in [3.63, 3.8) is 0 Å². The van der Waals surface area contributed by atoms with E-state index < -0.39 is 0 Å². The first-order valence-corrected chi connectivity index (χ1v) is 11.8. The fourth-order valence-corrected chi connectivity index (χ4v) is 4.27. The molecular weight excluding hydrogens is 408 g/mol. The highest BCUT2D eigenvalue weighted by Crippen LogP contribution is 2.45. The third-order valence-corrected chi connectivity index (χ3v) is 5.02. The van der Waals surface area contributed by atoms with Crippen LogP contribution in [0.5, 0.6) is 0 Å². The molecule has 1 saturated carbocycles. The summed E-state index contributed by atoms with van der Waals surface area (Å²) in [6.45, 7) is 14.5. The molecule has 0 aromatic heterocycles. The van der Waals surface area contributed by atoms with Gasteiger partial charge in [0.2, 0.25) is 0 Å². The van der Waals surface area contributed by atoms with Crippen LogP contribution in [0.25, 0.3) is 0 Å². The number of carbonyl (C=O) groups is 2. The zero-order chi connectivity index (χ0) is 24.3. The van der Waals surface area contributed by atoms with Gasteiger partial charge in [-0.25, -0.2) is 0 Å². The second-order valence-corrected chi connectivity index (χ2v) is 9.32. The summed E-state index contributed by atoms with van der Waals surface area (Å²) in [5.74, 6) is -0.318. The van der Waals surface area contributed by atoms with E-state index in [1.54, 1.807) is 0 Å². The molecule has 0 aliphatic heterocycles. The van der Waals surface area contributed by atoms with Crippen molar-refractivity contribution >= 4 is 11.9 Å². The van der Waals surface area contributed by atoms with Crippen molar-refractivity contribution in [3.05, 3.63) is 0 Å². The molecule has 1 fully saturated rings. The fourth-order valence-electron chi connectivity index (χ4n) is 4.27. The molecule has 0 bridgehead atoms. The molecule has 0 amide bonds. The zero-order valence-corrected chi connectivity index (χ0v) is 21.4. The maximum atomic E-state index is 10.5. The summed E-state index contributed by atoms with van der Waals surface area (Å²) in [6, 6.07) is 0.692. The standard InChI is InChI=1S/C12H26N2.C6H12O3.C6H12O2.CH4/c1-11(2)6-10(14-5)7-12(3,8-11)9-13-4;1-2-3-6(8)9-5-4-7;1-3-5-6(7)8-4-2;/h10,13-14H,6-9H2,1-5H3;7H,2-5H2,1H3;3-5H2,1-2H3;1H4. The van der Waals surface area contributed by atoms with Crippen LogP contribution in [-0.4, -0.2) is 63.5 Å². The van der Waals surface area contributed by atoms with Crippen LogP contribution in [0.2, 0.25) is 0 Å². The molecule has 1 aliphatic carbocycles. The number of esters is 2. The summed E-state index contributed by atoms with van der Waals surface area (Å²) in [4.78, 5) is 20.9. The normalized spacial score (nSPS) is 21.0. The lowest BCUT2D eigenvalue weighted by Gasteiger charge is -2.46. The Morgan fingerprint density at radius 1 is 0.969 bits per heavy atom. The van der Waals surface area contributed by atoms with Crippen LogP contribution in [0.4, 0.5) is 0 Å². The van der Waals surface area contributed by atoms with Crippen molar-refractivity contribution in [2.75, 3.05) is 40.5 Å². The van der Waals surface area contributed by atoms with Crippen LogP contribution in [0.15, 0.2) is 0 Å². The molecule has 0 aromatic carbocycles. The predicted molar refractivity (Wildman–Crippen MR) is 134 cm³/mol. The molecule has 0 radical (unpaired) electrons. The van der Waals surface area contributed by atoms with Crippen molar-refractivity contribution in [3.8, 4) is 0 Å². The van der Waals surface area contributed by atoms with Gasteiger partial charge in [-0.15, -0.1) is 0 Å². The van der Waals surface area contributed by atoms with E-state index >= 15 is 0 Å². The Morgan fingerprint density at radius 3 is 1.91 bits per heavy atom. The third kappa shape index (κ3) is 19.5. The van der Waals surface area contributed by atoms with Gasteiger partial charge in [0.1, 0.15) is 6.61 Å². The van der Waals surface area contributed by atoms with Crippen molar-refractivity contribution in [2.24, 2.45) is 10.8 Å². The quantitative estimate of drug-likeness (QED) is 0.416. The highest BCUT2D eigenvalue weighted by atomic mass is 16.5. The second-order valence-electron chi connectivity index (χ2n) is 9.32. The fraction of sp³-hybridized carbons (Fsp3) is 0.920. The molecule has 0 aromatic rings. The molecular formula is C25H54N2O5. The summed E-state index contributed by atoms with van der Waals surface area (Å²) in [5, 5.41) is 15.0. The Balaban J connectivity index is -0.000000411. The largest absolute Gasteiger partial charge is 0.466 e. The van der Waals surface area contributed by atoms with Gasteiger partial charge in [-0.05, 0) is 64.0 Å². The maximum Gasteiger partial charge on any atom is 0.305 e. The number of nitrogens with one attached hydrogen (secondary N) is 2. The SMILES string of the molecule is C.CCCC(=O)OCC.CCCC(=O)OCCO.CNCC1(C)CC(NC)CC(C)(C)C1. The number of hydrogen-bond acceptors (Lipinski definition) is 7.